The van der Waals surface area contributed by atoms with Crippen LogP contribution in [0.2, 0.25) is 10.0 Å². The van der Waals surface area contributed by atoms with Crippen LogP contribution in [0.25, 0.3) is 22.4 Å². The first-order chi connectivity index (χ1) is 14.0. The molecule has 4 rings (SSSR count). The average Bonchev–Trinajstić information content (AvgIpc) is 3.11. The molecule has 0 atom stereocenters. The highest BCUT2D eigenvalue weighted by Gasteiger charge is 2.14. The molecule has 3 aromatic rings. The number of imidazole rings is 1. The van der Waals surface area contributed by atoms with E-state index in [1.807, 2.05) is 37.3 Å². The number of aromatic nitrogens is 2. The highest BCUT2D eigenvalue weighted by Crippen LogP contribution is 2.32. The van der Waals surface area contributed by atoms with Crippen molar-refractivity contribution >= 4 is 34.2 Å². The molecular formula is C22H26Cl2N4O. The molecule has 0 amide bonds. The van der Waals surface area contributed by atoms with Gasteiger partial charge in [0, 0.05) is 43.3 Å². The minimum atomic E-state index is 0.615. The molecule has 2 heterocycles. The smallest absolute Gasteiger partial charge is 0.140 e. The molecule has 154 valence electrons. The van der Waals surface area contributed by atoms with Crippen LogP contribution < -0.4 is 4.74 Å². The van der Waals surface area contributed by atoms with E-state index in [2.05, 4.69) is 21.8 Å². The summed E-state index contributed by atoms with van der Waals surface area (Å²) in [5.74, 6) is 1.52. The first-order valence-corrected chi connectivity index (χ1v) is 10.7. The third-order valence-electron chi connectivity index (χ3n) is 5.42. The number of piperazine rings is 1. The lowest BCUT2D eigenvalue weighted by Crippen LogP contribution is -2.44. The predicted octanol–water partition coefficient (Wildman–Crippen LogP) is 4.86. The number of H-pyrrole nitrogens is 1. The number of hydrogen-bond donors (Lipinski definition) is 1. The van der Waals surface area contributed by atoms with E-state index in [0.29, 0.717) is 16.7 Å². The van der Waals surface area contributed by atoms with Crippen LogP contribution in [0.4, 0.5) is 0 Å². The molecule has 0 radical (unpaired) electrons. The molecule has 2 aromatic carbocycles. The summed E-state index contributed by atoms with van der Waals surface area (Å²) in [5, 5.41) is 1.31. The van der Waals surface area contributed by atoms with Crippen molar-refractivity contribution in [2.24, 2.45) is 0 Å². The second-order valence-electron chi connectivity index (χ2n) is 7.69. The Labute approximate surface area is 181 Å². The highest BCUT2D eigenvalue weighted by molar-refractivity contribution is 6.33. The fourth-order valence-electron chi connectivity index (χ4n) is 3.70. The number of benzene rings is 2. The summed E-state index contributed by atoms with van der Waals surface area (Å²) in [4.78, 5) is 12.9. The van der Waals surface area contributed by atoms with Gasteiger partial charge >= 0.3 is 0 Å². The first-order valence-electron chi connectivity index (χ1n) is 9.99. The zero-order valence-electron chi connectivity index (χ0n) is 16.8. The van der Waals surface area contributed by atoms with Gasteiger partial charge in [-0.2, -0.15) is 0 Å². The van der Waals surface area contributed by atoms with Crippen LogP contribution in [0.15, 0.2) is 30.3 Å². The molecule has 1 aromatic heterocycles. The fraction of sp³-hybridized carbons (Fsp3) is 0.409. The summed E-state index contributed by atoms with van der Waals surface area (Å²) >= 11 is 12.7. The van der Waals surface area contributed by atoms with Gasteiger partial charge in [-0.15, -0.1) is 0 Å². The Morgan fingerprint density at radius 1 is 1.10 bits per heavy atom. The van der Waals surface area contributed by atoms with Crippen LogP contribution in [0.1, 0.15) is 12.0 Å². The Hall–Kier alpha value is -1.79. The SMILES string of the molecule is Cc1cc(Cl)cc2[nH]c(-c3ccc(OCCCN4CCN(C)CC4)cc3Cl)nc12. The Morgan fingerprint density at radius 2 is 1.90 bits per heavy atom. The van der Waals surface area contributed by atoms with Gasteiger partial charge in [0.2, 0.25) is 0 Å². The maximum atomic E-state index is 6.53. The van der Waals surface area contributed by atoms with Gasteiger partial charge in [0.25, 0.3) is 0 Å². The number of nitrogens with zero attached hydrogens (tertiary/aromatic N) is 3. The average molecular weight is 433 g/mol. The Balaban J connectivity index is 1.37. The summed E-state index contributed by atoms with van der Waals surface area (Å²) in [6, 6.07) is 9.55. The van der Waals surface area contributed by atoms with E-state index in [1.54, 1.807) is 0 Å². The second kappa shape index (κ2) is 8.92. The number of rotatable bonds is 6. The van der Waals surface area contributed by atoms with E-state index in [4.69, 9.17) is 32.9 Å². The van der Waals surface area contributed by atoms with Gasteiger partial charge in [-0.3, -0.25) is 0 Å². The lowest BCUT2D eigenvalue weighted by atomic mass is 10.2. The lowest BCUT2D eigenvalue weighted by molar-refractivity contribution is 0.145. The summed E-state index contributed by atoms with van der Waals surface area (Å²) in [5.41, 5.74) is 3.70. The summed E-state index contributed by atoms with van der Waals surface area (Å²) in [6.45, 7) is 8.32. The molecule has 0 spiro atoms. The largest absolute Gasteiger partial charge is 0.493 e. The molecule has 5 nitrogen and oxygen atoms in total. The molecule has 29 heavy (non-hydrogen) atoms. The fourth-order valence-corrected chi connectivity index (χ4v) is 4.23. The van der Waals surface area contributed by atoms with E-state index >= 15 is 0 Å². The van der Waals surface area contributed by atoms with E-state index in [9.17, 15) is 0 Å². The van der Waals surface area contributed by atoms with Gasteiger partial charge in [0.05, 0.1) is 22.7 Å². The highest BCUT2D eigenvalue weighted by atomic mass is 35.5. The molecule has 0 aliphatic carbocycles. The molecule has 0 bridgehead atoms. The van der Waals surface area contributed by atoms with Gasteiger partial charge in [-0.1, -0.05) is 23.2 Å². The van der Waals surface area contributed by atoms with Crippen molar-refractivity contribution in [3.8, 4) is 17.1 Å². The number of hydrogen-bond acceptors (Lipinski definition) is 4. The van der Waals surface area contributed by atoms with E-state index in [0.717, 1.165) is 72.9 Å². The minimum absolute atomic E-state index is 0.615. The van der Waals surface area contributed by atoms with Crippen LogP contribution in [-0.4, -0.2) is 66.1 Å². The normalized spacial score (nSPS) is 15.9. The van der Waals surface area contributed by atoms with Crippen LogP contribution >= 0.6 is 23.2 Å². The number of ether oxygens (including phenoxy) is 1. The van der Waals surface area contributed by atoms with Crippen molar-refractivity contribution in [1.82, 2.24) is 19.8 Å². The number of likely N-dealkylation sites (N-methyl/N-ethyl adjacent to an activating group) is 1. The molecule has 1 fully saturated rings. The van der Waals surface area contributed by atoms with Gasteiger partial charge in [0.15, 0.2) is 0 Å². The maximum Gasteiger partial charge on any atom is 0.140 e. The standard InChI is InChI=1S/C22H26Cl2N4O/c1-15-12-16(23)13-20-21(15)26-22(25-20)18-5-4-17(14-19(18)24)29-11-3-6-28-9-7-27(2)8-10-28/h4-5,12-14H,3,6-11H2,1-2H3,(H,25,26). The third kappa shape index (κ3) is 4.86. The third-order valence-corrected chi connectivity index (χ3v) is 5.95. The van der Waals surface area contributed by atoms with Crippen molar-refractivity contribution in [3.05, 3.63) is 45.9 Å². The van der Waals surface area contributed by atoms with Gasteiger partial charge in [0.1, 0.15) is 11.6 Å². The predicted molar refractivity (Wildman–Crippen MR) is 120 cm³/mol. The first kappa shape index (κ1) is 20.5. The molecular weight excluding hydrogens is 407 g/mol. The van der Waals surface area contributed by atoms with E-state index in [-0.39, 0.29) is 0 Å². The van der Waals surface area contributed by atoms with Crippen LogP contribution in [0.3, 0.4) is 0 Å². The van der Waals surface area contributed by atoms with Crippen molar-refractivity contribution < 1.29 is 4.74 Å². The van der Waals surface area contributed by atoms with Crippen LogP contribution in [0, 0.1) is 6.92 Å². The van der Waals surface area contributed by atoms with Crippen LogP contribution in [-0.2, 0) is 0 Å². The number of nitrogens with one attached hydrogen (secondary N) is 1. The molecule has 0 unspecified atom stereocenters. The van der Waals surface area contributed by atoms with Gasteiger partial charge in [-0.25, -0.2) is 4.98 Å². The number of aryl methyl sites for hydroxylation is 1. The summed E-state index contributed by atoms with van der Waals surface area (Å²) in [7, 11) is 2.18. The lowest BCUT2D eigenvalue weighted by Gasteiger charge is -2.32. The Kier molecular flexibility index (Phi) is 6.30. The Bertz CT molecular complexity index is 996. The zero-order valence-corrected chi connectivity index (χ0v) is 18.4. The van der Waals surface area contributed by atoms with Crippen molar-refractivity contribution in [3.63, 3.8) is 0 Å². The zero-order chi connectivity index (χ0) is 20.4. The number of halogens is 2. The van der Waals surface area contributed by atoms with E-state index < -0.39 is 0 Å². The molecule has 1 aliphatic rings. The number of aromatic amines is 1. The molecule has 1 saturated heterocycles. The Morgan fingerprint density at radius 3 is 2.66 bits per heavy atom. The van der Waals surface area contributed by atoms with Crippen LogP contribution in [0.5, 0.6) is 5.75 Å². The van der Waals surface area contributed by atoms with Gasteiger partial charge in [-0.05, 0) is 56.3 Å². The molecule has 1 aliphatic heterocycles. The molecule has 7 heteroatoms. The quantitative estimate of drug-likeness (QED) is 0.564. The summed E-state index contributed by atoms with van der Waals surface area (Å²) < 4.78 is 5.91. The van der Waals surface area contributed by atoms with Crippen molar-refractivity contribution in [1.29, 1.82) is 0 Å². The van der Waals surface area contributed by atoms with Crippen molar-refractivity contribution in [2.45, 2.75) is 13.3 Å². The maximum absolute atomic E-state index is 6.53. The van der Waals surface area contributed by atoms with Gasteiger partial charge < -0.3 is 19.5 Å². The number of fused-ring (bicyclic) bond motifs is 1. The molecule has 1 N–H and O–H groups in total. The topological polar surface area (TPSA) is 44.4 Å². The second-order valence-corrected chi connectivity index (χ2v) is 8.54. The van der Waals surface area contributed by atoms with Crippen molar-refractivity contribution in [2.75, 3.05) is 46.4 Å². The van der Waals surface area contributed by atoms with E-state index in [1.165, 1.54) is 0 Å². The minimum Gasteiger partial charge on any atom is -0.493 e. The molecule has 0 saturated carbocycles. The monoisotopic (exact) mass is 432 g/mol. The summed E-state index contributed by atoms with van der Waals surface area (Å²) in [6.07, 6.45) is 1.01.